The summed E-state index contributed by atoms with van der Waals surface area (Å²) in [5.74, 6) is -0.591. The molecule has 3 rings (SSSR count). The van der Waals surface area contributed by atoms with Crippen LogP contribution in [0.5, 0.6) is 0 Å². The monoisotopic (exact) mass is 372 g/mol. The van der Waals surface area contributed by atoms with Gasteiger partial charge in [-0.25, -0.2) is 0 Å². The molecule has 28 heavy (non-hydrogen) atoms. The third-order valence-corrected chi connectivity index (χ3v) is 4.63. The molecule has 0 fully saturated rings. The molecule has 0 aliphatic heterocycles. The van der Waals surface area contributed by atoms with Crippen molar-refractivity contribution in [3.8, 4) is 0 Å². The van der Waals surface area contributed by atoms with Crippen LogP contribution in [0, 0.1) is 6.92 Å². The minimum atomic E-state index is -0.380. The molecule has 0 atom stereocenters. The van der Waals surface area contributed by atoms with Crippen molar-refractivity contribution in [1.29, 1.82) is 0 Å². The molecule has 0 aliphatic carbocycles. The van der Waals surface area contributed by atoms with E-state index in [0.29, 0.717) is 18.7 Å². The van der Waals surface area contributed by atoms with Crippen LogP contribution in [0.15, 0.2) is 84.9 Å². The number of benzene rings is 3. The lowest BCUT2D eigenvalue weighted by Gasteiger charge is -2.18. The van der Waals surface area contributed by atoms with Gasteiger partial charge >= 0.3 is 0 Å². The Bertz CT molecular complexity index is 884. The van der Waals surface area contributed by atoms with Gasteiger partial charge in [-0.05, 0) is 29.7 Å². The summed E-state index contributed by atoms with van der Waals surface area (Å²) in [4.78, 5) is 25.2. The Morgan fingerprint density at radius 1 is 0.714 bits per heavy atom. The van der Waals surface area contributed by atoms with Gasteiger partial charge in [-0.3, -0.25) is 9.59 Å². The van der Waals surface area contributed by atoms with Crippen LogP contribution in [0.25, 0.3) is 0 Å². The number of carbonyl (C=O) groups excluding carboxylic acids is 2. The third-order valence-electron chi connectivity index (χ3n) is 4.63. The lowest BCUT2D eigenvalue weighted by Crippen LogP contribution is -2.37. The van der Waals surface area contributed by atoms with Gasteiger partial charge in [0.15, 0.2) is 0 Å². The number of amides is 2. The predicted molar refractivity (Wildman–Crippen MR) is 111 cm³/mol. The molecule has 4 heteroatoms. The van der Waals surface area contributed by atoms with Gasteiger partial charge in [-0.1, -0.05) is 78.9 Å². The minimum absolute atomic E-state index is 0.0810. The fraction of sp³-hybridized carbons (Fsp3) is 0.167. The number of aryl methyl sites for hydroxylation is 1. The van der Waals surface area contributed by atoms with Crippen LogP contribution in [0.1, 0.15) is 33.0 Å². The maximum absolute atomic E-state index is 12.9. The van der Waals surface area contributed by atoms with Crippen LogP contribution in [-0.2, 0) is 4.79 Å². The Balaban J connectivity index is 1.60. The van der Waals surface area contributed by atoms with Crippen molar-refractivity contribution in [3.05, 3.63) is 107 Å². The maximum atomic E-state index is 12.9. The molecule has 2 amide bonds. The molecule has 2 N–H and O–H groups in total. The van der Waals surface area contributed by atoms with Crippen molar-refractivity contribution in [2.24, 2.45) is 0 Å². The summed E-state index contributed by atoms with van der Waals surface area (Å²) in [5, 5.41) is 5.81. The average Bonchev–Trinajstić information content (AvgIpc) is 2.73. The lowest BCUT2D eigenvalue weighted by molar-refractivity contribution is -0.121. The first-order valence-electron chi connectivity index (χ1n) is 9.38. The van der Waals surface area contributed by atoms with Crippen molar-refractivity contribution in [2.45, 2.75) is 12.8 Å². The van der Waals surface area contributed by atoms with Crippen molar-refractivity contribution in [1.82, 2.24) is 10.6 Å². The second-order valence-electron chi connectivity index (χ2n) is 6.62. The summed E-state index contributed by atoms with van der Waals surface area (Å²) in [6.45, 7) is 2.64. The van der Waals surface area contributed by atoms with E-state index in [1.54, 1.807) is 6.07 Å². The van der Waals surface area contributed by atoms with E-state index in [2.05, 4.69) is 10.6 Å². The molecule has 0 radical (unpaired) electrons. The average molecular weight is 372 g/mol. The first-order chi connectivity index (χ1) is 13.7. The Hall–Kier alpha value is -3.40. The zero-order valence-corrected chi connectivity index (χ0v) is 15.9. The molecule has 3 aromatic rings. The van der Waals surface area contributed by atoms with E-state index in [4.69, 9.17) is 0 Å². The topological polar surface area (TPSA) is 58.2 Å². The van der Waals surface area contributed by atoms with Gasteiger partial charge in [0.2, 0.25) is 5.91 Å². The summed E-state index contributed by atoms with van der Waals surface area (Å²) in [7, 11) is 0. The molecule has 0 saturated carbocycles. The predicted octanol–water partition coefficient (Wildman–Crippen LogP) is 3.67. The van der Waals surface area contributed by atoms with Gasteiger partial charge in [0, 0.05) is 18.7 Å². The van der Waals surface area contributed by atoms with Crippen LogP contribution in [-0.4, -0.2) is 24.9 Å². The summed E-state index contributed by atoms with van der Waals surface area (Å²) < 4.78 is 0. The molecule has 0 aromatic heterocycles. The first kappa shape index (κ1) is 19.4. The van der Waals surface area contributed by atoms with Crippen LogP contribution in [0.3, 0.4) is 0 Å². The second-order valence-corrected chi connectivity index (χ2v) is 6.62. The van der Waals surface area contributed by atoms with E-state index in [0.717, 1.165) is 16.7 Å². The summed E-state index contributed by atoms with van der Waals surface area (Å²) in [6.07, 6.45) is 0. The molecule has 0 saturated heterocycles. The summed E-state index contributed by atoms with van der Waals surface area (Å²) in [5.41, 5.74) is 3.46. The Kier molecular flexibility index (Phi) is 6.58. The van der Waals surface area contributed by atoms with Gasteiger partial charge in [0.05, 0.1) is 5.92 Å². The Morgan fingerprint density at radius 3 is 1.79 bits per heavy atom. The van der Waals surface area contributed by atoms with Gasteiger partial charge in [0.1, 0.15) is 0 Å². The largest absolute Gasteiger partial charge is 0.354 e. The number of hydrogen-bond acceptors (Lipinski definition) is 2. The second kappa shape index (κ2) is 9.51. The SMILES string of the molecule is Cc1ccccc1C(=O)NCCNC(=O)C(c1ccccc1)c1ccccc1. The molecule has 3 aromatic carbocycles. The minimum Gasteiger partial charge on any atom is -0.354 e. The maximum Gasteiger partial charge on any atom is 0.251 e. The van der Waals surface area contributed by atoms with E-state index >= 15 is 0 Å². The molecular weight excluding hydrogens is 348 g/mol. The van der Waals surface area contributed by atoms with Crippen molar-refractivity contribution in [3.63, 3.8) is 0 Å². The van der Waals surface area contributed by atoms with Gasteiger partial charge in [-0.2, -0.15) is 0 Å². The summed E-state index contributed by atoms with van der Waals surface area (Å²) in [6, 6.07) is 26.9. The Labute approximate surface area is 165 Å². The van der Waals surface area contributed by atoms with Crippen molar-refractivity contribution in [2.75, 3.05) is 13.1 Å². The fourth-order valence-electron chi connectivity index (χ4n) is 3.17. The van der Waals surface area contributed by atoms with E-state index in [1.165, 1.54) is 0 Å². The van der Waals surface area contributed by atoms with E-state index < -0.39 is 0 Å². The number of nitrogens with one attached hydrogen (secondary N) is 2. The highest BCUT2D eigenvalue weighted by Crippen LogP contribution is 2.24. The van der Waals surface area contributed by atoms with E-state index in [9.17, 15) is 9.59 Å². The molecule has 0 aliphatic rings. The highest BCUT2D eigenvalue weighted by molar-refractivity contribution is 5.95. The number of hydrogen-bond donors (Lipinski definition) is 2. The molecule has 0 unspecified atom stereocenters. The normalized spacial score (nSPS) is 10.5. The van der Waals surface area contributed by atoms with Crippen molar-refractivity contribution < 1.29 is 9.59 Å². The zero-order valence-electron chi connectivity index (χ0n) is 15.9. The molecule has 0 bridgehead atoms. The lowest BCUT2D eigenvalue weighted by atomic mass is 9.90. The van der Waals surface area contributed by atoms with Gasteiger partial charge in [-0.15, -0.1) is 0 Å². The number of carbonyl (C=O) groups is 2. The molecule has 0 spiro atoms. The van der Waals surface area contributed by atoms with Crippen LogP contribution >= 0.6 is 0 Å². The van der Waals surface area contributed by atoms with Crippen LogP contribution in [0.2, 0.25) is 0 Å². The molecule has 4 nitrogen and oxygen atoms in total. The van der Waals surface area contributed by atoms with Crippen LogP contribution < -0.4 is 10.6 Å². The quantitative estimate of drug-likeness (QED) is 0.622. The van der Waals surface area contributed by atoms with Gasteiger partial charge < -0.3 is 10.6 Å². The first-order valence-corrected chi connectivity index (χ1v) is 9.38. The summed E-state index contributed by atoms with van der Waals surface area (Å²) >= 11 is 0. The highest BCUT2D eigenvalue weighted by Gasteiger charge is 2.22. The standard InChI is InChI=1S/C24H24N2O2/c1-18-10-8-9-15-21(18)23(27)25-16-17-26-24(28)22(19-11-4-2-5-12-19)20-13-6-3-7-14-20/h2-15,22H,16-17H2,1H3,(H,25,27)(H,26,28). The number of rotatable bonds is 7. The van der Waals surface area contributed by atoms with E-state index in [1.807, 2.05) is 85.8 Å². The molecule has 0 heterocycles. The molecule has 142 valence electrons. The highest BCUT2D eigenvalue weighted by atomic mass is 16.2. The van der Waals surface area contributed by atoms with Crippen LogP contribution in [0.4, 0.5) is 0 Å². The Morgan fingerprint density at radius 2 is 1.21 bits per heavy atom. The smallest absolute Gasteiger partial charge is 0.251 e. The van der Waals surface area contributed by atoms with Gasteiger partial charge in [0.25, 0.3) is 5.91 Å². The van der Waals surface area contributed by atoms with Crippen molar-refractivity contribution >= 4 is 11.8 Å². The molecular formula is C24H24N2O2. The zero-order chi connectivity index (χ0) is 19.8. The van der Waals surface area contributed by atoms with E-state index in [-0.39, 0.29) is 17.7 Å². The third kappa shape index (κ3) is 4.86. The fourth-order valence-corrected chi connectivity index (χ4v) is 3.17.